The van der Waals surface area contributed by atoms with Crippen LogP contribution in [0.1, 0.15) is 38.8 Å². The molecule has 0 aliphatic rings. The van der Waals surface area contributed by atoms with Crippen LogP contribution in [0.5, 0.6) is 5.75 Å². The molecule has 0 saturated heterocycles. The summed E-state index contributed by atoms with van der Waals surface area (Å²) < 4.78 is 5.36. The first-order valence-electron chi connectivity index (χ1n) is 7.81. The summed E-state index contributed by atoms with van der Waals surface area (Å²) in [5.74, 6) is 0.153. The van der Waals surface area contributed by atoms with Crippen molar-refractivity contribution in [2.24, 2.45) is 0 Å². The maximum atomic E-state index is 12.4. The second-order valence-corrected chi connectivity index (χ2v) is 7.39. The highest BCUT2D eigenvalue weighted by molar-refractivity contribution is 5.78. The van der Waals surface area contributed by atoms with E-state index in [9.17, 15) is 14.7 Å². The van der Waals surface area contributed by atoms with Crippen LogP contribution in [0.4, 0.5) is 4.79 Å². The Morgan fingerprint density at radius 3 is 2.25 bits per heavy atom. The third kappa shape index (κ3) is 4.71. The zero-order valence-corrected chi connectivity index (χ0v) is 15.6. The molecule has 0 bridgehead atoms. The van der Waals surface area contributed by atoms with Crippen LogP contribution in [0.25, 0.3) is 0 Å². The van der Waals surface area contributed by atoms with E-state index in [2.05, 4.69) is 0 Å². The second kappa shape index (κ2) is 7.21. The molecule has 1 aromatic carbocycles. The predicted octanol–water partition coefficient (Wildman–Crippen LogP) is 2.73. The van der Waals surface area contributed by atoms with E-state index in [1.807, 2.05) is 19.0 Å². The molecular weight excluding hydrogens is 308 g/mol. The average molecular weight is 336 g/mol. The summed E-state index contributed by atoms with van der Waals surface area (Å²) in [6.07, 6.45) is 0.127. The van der Waals surface area contributed by atoms with E-state index in [1.54, 1.807) is 45.9 Å². The molecule has 1 aromatic rings. The summed E-state index contributed by atoms with van der Waals surface area (Å²) in [7, 11) is 5.30. The fraction of sp³-hybridized carbons (Fsp3) is 0.556. The molecule has 1 amide bonds. The van der Waals surface area contributed by atoms with Crippen LogP contribution in [-0.4, -0.2) is 54.0 Å². The Bertz CT molecular complexity index is 608. The van der Waals surface area contributed by atoms with E-state index in [4.69, 9.17) is 4.74 Å². The van der Waals surface area contributed by atoms with Crippen molar-refractivity contribution in [3.05, 3.63) is 29.3 Å². The topological polar surface area (TPSA) is 70.1 Å². The van der Waals surface area contributed by atoms with E-state index < -0.39 is 17.2 Å². The van der Waals surface area contributed by atoms with Crippen molar-refractivity contribution in [3.63, 3.8) is 0 Å². The summed E-state index contributed by atoms with van der Waals surface area (Å²) in [4.78, 5) is 27.4. The Kier molecular flexibility index (Phi) is 6.00. The minimum atomic E-state index is -1.20. The molecule has 1 unspecified atom stereocenters. The zero-order chi connectivity index (χ0) is 18.7. The van der Waals surface area contributed by atoms with Crippen LogP contribution in [0, 0.1) is 0 Å². The Balaban J connectivity index is 3.23. The van der Waals surface area contributed by atoms with E-state index in [-0.39, 0.29) is 5.75 Å². The average Bonchev–Trinajstić information content (AvgIpc) is 2.45. The van der Waals surface area contributed by atoms with Gasteiger partial charge in [0.05, 0.1) is 0 Å². The molecule has 1 N–H and O–H groups in total. The number of amides is 1. The molecule has 0 heterocycles. The van der Waals surface area contributed by atoms with Gasteiger partial charge in [-0.25, -0.2) is 4.79 Å². The van der Waals surface area contributed by atoms with Gasteiger partial charge in [0.1, 0.15) is 23.2 Å². The van der Waals surface area contributed by atoms with Gasteiger partial charge in [-0.05, 0) is 59.5 Å². The molecule has 0 radical (unpaired) electrons. The van der Waals surface area contributed by atoms with Crippen LogP contribution in [0.3, 0.4) is 0 Å². The number of rotatable bonds is 5. The number of aromatic hydroxyl groups is 1. The van der Waals surface area contributed by atoms with Gasteiger partial charge in [-0.15, -0.1) is 0 Å². The molecule has 6 heteroatoms. The lowest BCUT2D eigenvalue weighted by Gasteiger charge is -2.36. The molecule has 0 aliphatic heterocycles. The van der Waals surface area contributed by atoms with Crippen molar-refractivity contribution in [1.29, 1.82) is 0 Å². The molecular formula is C18H28N2O4. The van der Waals surface area contributed by atoms with Gasteiger partial charge in [0.2, 0.25) is 0 Å². The fourth-order valence-corrected chi connectivity index (χ4v) is 2.23. The number of carbonyl (C=O) groups is 2. The van der Waals surface area contributed by atoms with Crippen molar-refractivity contribution < 1.29 is 19.4 Å². The normalized spacial score (nSPS) is 14.2. The third-order valence-electron chi connectivity index (χ3n) is 3.74. The number of likely N-dealkylation sites (N-methyl/N-ethyl adjacent to an activating group) is 1. The number of hydrogen-bond acceptors (Lipinski definition) is 5. The molecule has 0 spiro atoms. The lowest BCUT2D eigenvalue weighted by Crippen LogP contribution is -2.48. The number of aldehydes is 1. The minimum absolute atomic E-state index is 0.153. The number of carbonyl (C=O) groups excluding carboxylic acids is 2. The van der Waals surface area contributed by atoms with Gasteiger partial charge in [0.15, 0.2) is 0 Å². The first-order chi connectivity index (χ1) is 10.9. The Hall–Kier alpha value is -2.08. The van der Waals surface area contributed by atoms with Crippen molar-refractivity contribution in [2.45, 2.75) is 45.4 Å². The Morgan fingerprint density at radius 1 is 1.21 bits per heavy atom. The Morgan fingerprint density at radius 2 is 1.79 bits per heavy atom. The zero-order valence-electron chi connectivity index (χ0n) is 15.6. The number of benzene rings is 1. The van der Waals surface area contributed by atoms with Crippen LogP contribution in [0.2, 0.25) is 0 Å². The van der Waals surface area contributed by atoms with Crippen molar-refractivity contribution >= 4 is 12.4 Å². The largest absolute Gasteiger partial charge is 0.508 e. The molecule has 1 atom stereocenters. The fourth-order valence-electron chi connectivity index (χ4n) is 2.23. The highest BCUT2D eigenvalue weighted by atomic mass is 16.6. The highest BCUT2D eigenvalue weighted by Gasteiger charge is 2.37. The molecule has 0 fully saturated rings. The number of ether oxygens (including phenoxy) is 1. The quantitative estimate of drug-likeness (QED) is 0.837. The summed E-state index contributed by atoms with van der Waals surface area (Å²) in [5, 5.41) is 10.0. The number of phenolic OH excluding ortho intramolecular Hbond substituents is 1. The van der Waals surface area contributed by atoms with Gasteiger partial charge >= 0.3 is 6.09 Å². The molecule has 0 aromatic heterocycles. The lowest BCUT2D eigenvalue weighted by molar-refractivity contribution is -0.117. The van der Waals surface area contributed by atoms with Crippen LogP contribution >= 0.6 is 0 Å². The monoisotopic (exact) mass is 336 g/mol. The molecule has 134 valence electrons. The van der Waals surface area contributed by atoms with E-state index in [1.165, 1.54) is 11.9 Å². The van der Waals surface area contributed by atoms with Crippen molar-refractivity contribution in [1.82, 2.24) is 9.80 Å². The lowest BCUT2D eigenvalue weighted by atomic mass is 9.90. The van der Waals surface area contributed by atoms with Crippen LogP contribution in [0.15, 0.2) is 18.2 Å². The first kappa shape index (κ1) is 20.0. The predicted molar refractivity (Wildman–Crippen MR) is 92.9 cm³/mol. The summed E-state index contributed by atoms with van der Waals surface area (Å²) in [6.45, 7) is 7.48. The van der Waals surface area contributed by atoms with Crippen molar-refractivity contribution in [3.8, 4) is 5.75 Å². The molecule has 0 saturated carbocycles. The highest BCUT2D eigenvalue weighted by Crippen LogP contribution is 2.30. The van der Waals surface area contributed by atoms with Gasteiger partial charge in [-0.1, -0.05) is 6.07 Å². The van der Waals surface area contributed by atoms with E-state index in [0.29, 0.717) is 24.0 Å². The summed E-state index contributed by atoms with van der Waals surface area (Å²) in [5.41, 5.74) is -0.555. The SMILES string of the molecule is CN(C)Cc1cc(C(C)(C=O)N(C)C(=O)OC(C)(C)C)ccc1O. The van der Waals surface area contributed by atoms with Gasteiger partial charge in [-0.2, -0.15) is 0 Å². The maximum Gasteiger partial charge on any atom is 0.411 e. The number of phenols is 1. The van der Waals surface area contributed by atoms with Gasteiger partial charge < -0.3 is 19.5 Å². The van der Waals surface area contributed by atoms with Gasteiger partial charge in [0.25, 0.3) is 0 Å². The number of nitrogens with zero attached hydrogens (tertiary/aromatic N) is 2. The first-order valence-corrected chi connectivity index (χ1v) is 7.81. The molecule has 6 nitrogen and oxygen atoms in total. The third-order valence-corrected chi connectivity index (χ3v) is 3.74. The van der Waals surface area contributed by atoms with E-state index in [0.717, 1.165) is 0 Å². The minimum Gasteiger partial charge on any atom is -0.508 e. The second-order valence-electron chi connectivity index (χ2n) is 7.39. The standard InChI is InChI=1S/C18H28N2O4/c1-17(2,3)24-16(23)20(7)18(4,12-21)14-8-9-15(22)13(10-14)11-19(5)6/h8-10,12,22H,11H2,1-7H3. The van der Waals surface area contributed by atoms with Crippen molar-refractivity contribution in [2.75, 3.05) is 21.1 Å². The smallest absolute Gasteiger partial charge is 0.411 e. The molecule has 24 heavy (non-hydrogen) atoms. The van der Waals surface area contributed by atoms with Gasteiger partial charge in [0, 0.05) is 19.2 Å². The molecule has 0 aliphatic carbocycles. The van der Waals surface area contributed by atoms with Crippen LogP contribution in [-0.2, 0) is 21.6 Å². The van der Waals surface area contributed by atoms with Crippen LogP contribution < -0.4 is 0 Å². The maximum absolute atomic E-state index is 12.4. The Labute approximate surface area is 144 Å². The molecule has 1 rings (SSSR count). The van der Waals surface area contributed by atoms with Gasteiger partial charge in [-0.3, -0.25) is 4.90 Å². The van der Waals surface area contributed by atoms with E-state index >= 15 is 0 Å². The number of hydrogen-bond donors (Lipinski definition) is 1. The summed E-state index contributed by atoms with van der Waals surface area (Å²) in [6, 6.07) is 4.92. The summed E-state index contributed by atoms with van der Waals surface area (Å²) >= 11 is 0.